The molecule has 158 valence electrons. The summed E-state index contributed by atoms with van der Waals surface area (Å²) in [6.45, 7) is 2.82. The van der Waals surface area contributed by atoms with Gasteiger partial charge in [0.2, 0.25) is 5.95 Å². The van der Waals surface area contributed by atoms with Gasteiger partial charge in [-0.3, -0.25) is 9.88 Å². The van der Waals surface area contributed by atoms with E-state index in [4.69, 9.17) is 4.98 Å². The number of halogens is 1. The Morgan fingerprint density at radius 1 is 1.13 bits per heavy atom. The molecule has 3 aromatic heterocycles. The van der Waals surface area contributed by atoms with Gasteiger partial charge in [0.15, 0.2) is 0 Å². The van der Waals surface area contributed by atoms with Crippen LogP contribution in [0, 0.1) is 5.82 Å². The predicted molar refractivity (Wildman–Crippen MR) is 120 cm³/mol. The third kappa shape index (κ3) is 4.27. The Balaban J connectivity index is 1.28. The van der Waals surface area contributed by atoms with E-state index in [1.165, 1.54) is 11.6 Å². The van der Waals surface area contributed by atoms with E-state index >= 15 is 0 Å². The molecule has 4 heterocycles. The zero-order valence-electron chi connectivity index (χ0n) is 17.5. The fourth-order valence-electron chi connectivity index (χ4n) is 4.47. The molecule has 1 aromatic carbocycles. The molecular formula is C24H25FN6. The zero-order valence-corrected chi connectivity index (χ0v) is 17.5. The maximum atomic E-state index is 13.8. The molecule has 0 saturated carbocycles. The fraction of sp³-hybridized carbons (Fsp3) is 0.292. The number of hydrogen-bond acceptors (Lipinski definition) is 5. The van der Waals surface area contributed by atoms with Crippen molar-refractivity contribution < 1.29 is 4.39 Å². The summed E-state index contributed by atoms with van der Waals surface area (Å²) in [6, 6.07) is 10.9. The topological polar surface area (TPSA) is 58.9 Å². The summed E-state index contributed by atoms with van der Waals surface area (Å²) < 4.78 is 15.9. The van der Waals surface area contributed by atoms with Gasteiger partial charge in [0.05, 0.1) is 11.9 Å². The van der Waals surface area contributed by atoms with Crippen molar-refractivity contribution in [3.05, 3.63) is 78.3 Å². The largest absolute Gasteiger partial charge is 0.350 e. The summed E-state index contributed by atoms with van der Waals surface area (Å²) in [4.78, 5) is 15.5. The lowest BCUT2D eigenvalue weighted by Gasteiger charge is -2.32. The fourth-order valence-corrected chi connectivity index (χ4v) is 4.47. The maximum Gasteiger partial charge on any atom is 0.227 e. The lowest BCUT2D eigenvalue weighted by Crippen LogP contribution is -2.34. The second-order valence-electron chi connectivity index (χ2n) is 8.17. The highest BCUT2D eigenvalue weighted by Gasteiger charge is 2.23. The van der Waals surface area contributed by atoms with Gasteiger partial charge in [0, 0.05) is 61.2 Å². The van der Waals surface area contributed by atoms with E-state index < -0.39 is 0 Å². The van der Waals surface area contributed by atoms with Crippen molar-refractivity contribution >= 4 is 22.5 Å². The van der Waals surface area contributed by atoms with Gasteiger partial charge in [-0.25, -0.2) is 14.4 Å². The van der Waals surface area contributed by atoms with Gasteiger partial charge < -0.3 is 9.88 Å². The van der Waals surface area contributed by atoms with Crippen molar-refractivity contribution in [2.75, 3.05) is 18.4 Å². The molecule has 1 saturated heterocycles. The number of aryl methyl sites for hydroxylation is 1. The molecule has 1 atom stereocenters. The Bertz CT molecular complexity index is 1170. The maximum absolute atomic E-state index is 13.8. The molecule has 0 bridgehead atoms. The van der Waals surface area contributed by atoms with Crippen molar-refractivity contribution in [1.82, 2.24) is 24.4 Å². The summed E-state index contributed by atoms with van der Waals surface area (Å²) >= 11 is 0. The van der Waals surface area contributed by atoms with E-state index in [1.54, 1.807) is 24.5 Å². The molecular weight excluding hydrogens is 391 g/mol. The average Bonchev–Trinajstić information content (AvgIpc) is 3.09. The van der Waals surface area contributed by atoms with Crippen LogP contribution in [0.4, 0.5) is 16.0 Å². The van der Waals surface area contributed by atoms with Crippen molar-refractivity contribution in [3.8, 4) is 0 Å². The van der Waals surface area contributed by atoms with E-state index in [-0.39, 0.29) is 5.82 Å². The van der Waals surface area contributed by atoms with E-state index in [2.05, 4.69) is 37.0 Å². The lowest BCUT2D eigenvalue weighted by atomic mass is 9.94. The van der Waals surface area contributed by atoms with E-state index in [0.29, 0.717) is 11.9 Å². The normalized spacial score (nSPS) is 17.2. The SMILES string of the molecule is Cn1cc(CN2CCC[C@H](c3ccc(Nc4ncccn4)cn3)C2)c2cc(F)ccc21. The number of nitrogens with one attached hydrogen (secondary N) is 1. The number of aromatic nitrogens is 4. The van der Waals surface area contributed by atoms with Crippen LogP contribution in [0.3, 0.4) is 0 Å². The number of nitrogens with zero attached hydrogens (tertiary/aromatic N) is 5. The lowest BCUT2D eigenvalue weighted by molar-refractivity contribution is 0.199. The number of piperidine rings is 1. The molecule has 5 rings (SSSR count). The van der Waals surface area contributed by atoms with Crippen LogP contribution < -0.4 is 5.32 Å². The van der Waals surface area contributed by atoms with Gasteiger partial charge in [0.1, 0.15) is 5.82 Å². The van der Waals surface area contributed by atoms with Crippen molar-refractivity contribution in [2.24, 2.45) is 7.05 Å². The van der Waals surface area contributed by atoms with Gasteiger partial charge in [-0.05, 0) is 61.3 Å². The molecule has 1 fully saturated rings. The van der Waals surface area contributed by atoms with Crippen molar-refractivity contribution in [1.29, 1.82) is 0 Å². The van der Waals surface area contributed by atoms with Crippen molar-refractivity contribution in [3.63, 3.8) is 0 Å². The van der Waals surface area contributed by atoms with Crippen LogP contribution in [0.15, 0.2) is 61.2 Å². The molecule has 0 radical (unpaired) electrons. The van der Waals surface area contributed by atoms with Crippen LogP contribution >= 0.6 is 0 Å². The first-order valence-electron chi connectivity index (χ1n) is 10.6. The summed E-state index contributed by atoms with van der Waals surface area (Å²) in [5.74, 6) is 0.769. The quantitative estimate of drug-likeness (QED) is 0.514. The third-order valence-corrected chi connectivity index (χ3v) is 5.96. The molecule has 1 N–H and O–H groups in total. The van der Waals surface area contributed by atoms with Gasteiger partial charge in [0.25, 0.3) is 0 Å². The number of benzene rings is 1. The first kappa shape index (κ1) is 19.6. The van der Waals surface area contributed by atoms with Gasteiger partial charge in [-0.2, -0.15) is 0 Å². The Morgan fingerprint density at radius 2 is 2.00 bits per heavy atom. The molecule has 1 aliphatic rings. The van der Waals surface area contributed by atoms with Gasteiger partial charge in [-0.1, -0.05) is 0 Å². The second kappa shape index (κ2) is 8.43. The molecule has 6 nitrogen and oxygen atoms in total. The van der Waals surface area contributed by atoms with Crippen LogP contribution in [-0.2, 0) is 13.6 Å². The first-order chi connectivity index (χ1) is 15.2. The molecule has 1 aliphatic heterocycles. The zero-order chi connectivity index (χ0) is 21.2. The van der Waals surface area contributed by atoms with Crippen LogP contribution in [-0.4, -0.2) is 37.5 Å². The standard InChI is InChI=1S/C24H25FN6/c1-30-14-18(21-12-19(25)5-8-23(21)30)16-31-11-2-4-17(15-31)22-7-6-20(13-28-22)29-24-26-9-3-10-27-24/h3,5-10,12-14,17H,2,4,11,15-16H2,1H3,(H,26,27,29)/t17-/m0/s1. The van der Waals surface area contributed by atoms with Gasteiger partial charge in [-0.15, -0.1) is 0 Å². The second-order valence-corrected chi connectivity index (χ2v) is 8.17. The van der Waals surface area contributed by atoms with Crippen LogP contribution in [0.5, 0.6) is 0 Å². The summed E-state index contributed by atoms with van der Waals surface area (Å²) in [6.07, 6.45) is 9.64. The van der Waals surface area contributed by atoms with E-state index in [0.717, 1.165) is 54.8 Å². The van der Waals surface area contributed by atoms with Crippen LogP contribution in [0.2, 0.25) is 0 Å². The number of pyridine rings is 1. The van der Waals surface area contributed by atoms with Crippen LogP contribution in [0.25, 0.3) is 10.9 Å². The van der Waals surface area contributed by atoms with E-state index in [1.807, 2.05) is 25.4 Å². The number of anilines is 2. The highest BCUT2D eigenvalue weighted by molar-refractivity contribution is 5.84. The Hall–Kier alpha value is -3.32. The number of rotatable bonds is 5. The molecule has 4 aromatic rings. The number of hydrogen-bond donors (Lipinski definition) is 1. The van der Waals surface area contributed by atoms with Crippen molar-refractivity contribution in [2.45, 2.75) is 25.3 Å². The molecule has 0 unspecified atom stereocenters. The smallest absolute Gasteiger partial charge is 0.227 e. The highest BCUT2D eigenvalue weighted by atomic mass is 19.1. The first-order valence-corrected chi connectivity index (χ1v) is 10.6. The summed E-state index contributed by atoms with van der Waals surface area (Å²) in [5, 5.41) is 4.17. The molecule has 0 spiro atoms. The molecule has 0 amide bonds. The van der Waals surface area contributed by atoms with E-state index in [9.17, 15) is 4.39 Å². The Kier molecular flexibility index (Phi) is 5.34. The monoisotopic (exact) mass is 416 g/mol. The highest BCUT2D eigenvalue weighted by Crippen LogP contribution is 2.29. The van der Waals surface area contributed by atoms with Gasteiger partial charge >= 0.3 is 0 Å². The van der Waals surface area contributed by atoms with Crippen LogP contribution in [0.1, 0.15) is 30.0 Å². The summed E-state index contributed by atoms with van der Waals surface area (Å²) in [7, 11) is 2.02. The third-order valence-electron chi connectivity index (χ3n) is 5.96. The minimum atomic E-state index is -0.185. The minimum absolute atomic E-state index is 0.185. The summed E-state index contributed by atoms with van der Waals surface area (Å²) in [5.41, 5.74) is 4.22. The number of likely N-dealkylation sites (tertiary alicyclic amines) is 1. The molecule has 7 heteroatoms. The number of fused-ring (bicyclic) bond motifs is 1. The Morgan fingerprint density at radius 3 is 2.81 bits per heavy atom. The average molecular weight is 417 g/mol. The predicted octanol–water partition coefficient (Wildman–Crippen LogP) is 4.63. The molecule has 31 heavy (non-hydrogen) atoms. The molecule has 0 aliphatic carbocycles. The minimum Gasteiger partial charge on any atom is -0.350 e. The Labute approximate surface area is 180 Å².